The number of morpholine rings is 1. The Morgan fingerprint density at radius 1 is 1.52 bits per heavy atom. The lowest BCUT2D eigenvalue weighted by Crippen LogP contribution is -2.56. The van der Waals surface area contributed by atoms with E-state index in [-0.39, 0.29) is 10.9 Å². The molecule has 0 N–H and O–H groups in total. The maximum absolute atomic E-state index is 12.8. The van der Waals surface area contributed by atoms with Crippen LogP contribution in [-0.4, -0.2) is 60.8 Å². The average molecular weight is 343 g/mol. The van der Waals surface area contributed by atoms with E-state index in [1.807, 2.05) is 6.92 Å². The lowest BCUT2D eigenvalue weighted by atomic mass is 9.90. The fourth-order valence-corrected chi connectivity index (χ4v) is 5.09. The van der Waals surface area contributed by atoms with Crippen molar-refractivity contribution < 1.29 is 17.9 Å². The van der Waals surface area contributed by atoms with Crippen LogP contribution in [0.5, 0.6) is 0 Å². The molecule has 1 aromatic heterocycles. The van der Waals surface area contributed by atoms with E-state index in [0.29, 0.717) is 32.9 Å². The van der Waals surface area contributed by atoms with Gasteiger partial charge in [0.1, 0.15) is 0 Å². The highest BCUT2D eigenvalue weighted by atomic mass is 32.2. The van der Waals surface area contributed by atoms with Gasteiger partial charge in [0.15, 0.2) is 5.03 Å². The predicted octanol–water partition coefficient (Wildman–Crippen LogP) is 1.02. The fourth-order valence-electron chi connectivity index (χ4n) is 3.64. The van der Waals surface area contributed by atoms with Crippen LogP contribution in [-0.2, 0) is 26.5 Å². The molecule has 2 aliphatic rings. The maximum Gasteiger partial charge on any atom is 0.262 e. The van der Waals surface area contributed by atoms with E-state index in [0.717, 1.165) is 19.3 Å². The number of hydrogen-bond donors (Lipinski definition) is 0. The zero-order chi connectivity index (χ0) is 16.5. The Morgan fingerprint density at radius 2 is 2.35 bits per heavy atom. The van der Waals surface area contributed by atoms with Crippen molar-refractivity contribution in [2.24, 2.45) is 13.0 Å². The smallest absolute Gasteiger partial charge is 0.262 e. The van der Waals surface area contributed by atoms with Gasteiger partial charge in [-0.05, 0) is 19.8 Å². The number of sulfonamides is 1. The van der Waals surface area contributed by atoms with E-state index in [2.05, 4.69) is 4.98 Å². The number of nitrogens with zero attached hydrogens (tertiary/aromatic N) is 3. The van der Waals surface area contributed by atoms with Gasteiger partial charge in [0.05, 0.1) is 25.1 Å². The molecule has 1 saturated heterocycles. The zero-order valence-electron chi connectivity index (χ0n) is 13.8. The summed E-state index contributed by atoms with van der Waals surface area (Å²) in [7, 11) is -1.80. The number of hydrogen-bond acceptors (Lipinski definition) is 5. The van der Waals surface area contributed by atoms with Crippen molar-refractivity contribution in [1.82, 2.24) is 13.9 Å². The van der Waals surface area contributed by atoms with E-state index in [1.54, 1.807) is 17.8 Å². The molecule has 1 aromatic rings. The zero-order valence-corrected chi connectivity index (χ0v) is 14.6. The monoisotopic (exact) mass is 343 g/mol. The van der Waals surface area contributed by atoms with Gasteiger partial charge >= 0.3 is 0 Å². The van der Waals surface area contributed by atoms with Gasteiger partial charge < -0.3 is 14.0 Å². The molecule has 2 fully saturated rings. The van der Waals surface area contributed by atoms with E-state index >= 15 is 0 Å². The topological polar surface area (TPSA) is 73.7 Å². The number of imidazole rings is 1. The van der Waals surface area contributed by atoms with Crippen molar-refractivity contribution in [2.75, 3.05) is 32.9 Å². The summed E-state index contributed by atoms with van der Waals surface area (Å²) in [5.74, 6) is 0.254. The lowest BCUT2D eigenvalue weighted by molar-refractivity contribution is -0.125. The Morgan fingerprint density at radius 3 is 3.04 bits per heavy atom. The molecule has 0 unspecified atom stereocenters. The molecule has 2 heterocycles. The molecule has 7 nitrogen and oxygen atoms in total. The number of aryl methyl sites for hydroxylation is 1. The molecule has 3 rings (SSSR count). The van der Waals surface area contributed by atoms with Gasteiger partial charge in [-0.1, -0.05) is 6.42 Å². The van der Waals surface area contributed by atoms with Crippen LogP contribution in [0.15, 0.2) is 17.6 Å². The van der Waals surface area contributed by atoms with Crippen molar-refractivity contribution >= 4 is 10.0 Å². The first-order chi connectivity index (χ1) is 11.0. The normalized spacial score (nSPS) is 29.4. The van der Waals surface area contributed by atoms with Crippen molar-refractivity contribution in [3.8, 4) is 0 Å². The Bertz CT molecular complexity index is 645. The largest absolute Gasteiger partial charge is 0.381 e. The standard InChI is InChI=1S/C15H25N3O4S/c1-3-21-10-13-5-4-6-15(13)11-18(7-8-22-15)23(19,20)14-9-17(2)12-16-14/h9,12-13H,3-8,10-11H2,1-2H3/t13-,15-/m1/s1. The summed E-state index contributed by atoms with van der Waals surface area (Å²) in [6.45, 7) is 4.47. The minimum Gasteiger partial charge on any atom is -0.381 e. The molecule has 1 aliphatic heterocycles. The van der Waals surface area contributed by atoms with Gasteiger partial charge in [-0.3, -0.25) is 0 Å². The van der Waals surface area contributed by atoms with E-state index in [4.69, 9.17) is 9.47 Å². The van der Waals surface area contributed by atoms with Crippen molar-refractivity contribution in [3.63, 3.8) is 0 Å². The summed E-state index contributed by atoms with van der Waals surface area (Å²) in [5.41, 5.74) is -0.407. The summed E-state index contributed by atoms with van der Waals surface area (Å²) in [6, 6.07) is 0. The summed E-state index contributed by atoms with van der Waals surface area (Å²) < 4.78 is 40.5. The Kier molecular flexibility index (Phi) is 4.78. The third kappa shape index (κ3) is 3.17. The lowest BCUT2D eigenvalue weighted by Gasteiger charge is -2.43. The first kappa shape index (κ1) is 16.9. The Labute approximate surface area is 137 Å². The van der Waals surface area contributed by atoms with Gasteiger partial charge in [-0.2, -0.15) is 4.31 Å². The number of rotatable bonds is 5. The van der Waals surface area contributed by atoms with Crippen LogP contribution in [0.3, 0.4) is 0 Å². The van der Waals surface area contributed by atoms with Gasteiger partial charge in [-0.15, -0.1) is 0 Å². The second kappa shape index (κ2) is 6.51. The highest BCUT2D eigenvalue weighted by Gasteiger charge is 2.49. The minimum absolute atomic E-state index is 0.108. The molecule has 1 saturated carbocycles. The average Bonchev–Trinajstić information content (AvgIpc) is 3.13. The predicted molar refractivity (Wildman–Crippen MR) is 84.5 cm³/mol. The highest BCUT2D eigenvalue weighted by Crippen LogP contribution is 2.42. The molecule has 0 amide bonds. The van der Waals surface area contributed by atoms with E-state index in [9.17, 15) is 8.42 Å². The minimum atomic E-state index is -3.57. The number of aromatic nitrogens is 2. The number of ether oxygens (including phenoxy) is 2. The molecule has 23 heavy (non-hydrogen) atoms. The Hall–Kier alpha value is -0.960. The SMILES string of the molecule is CCOC[C@H]1CCC[C@@]12CN(S(=O)(=O)c1cn(C)cn1)CCO2. The van der Waals surface area contributed by atoms with Crippen LogP contribution < -0.4 is 0 Å². The van der Waals surface area contributed by atoms with Crippen LogP contribution >= 0.6 is 0 Å². The maximum atomic E-state index is 12.8. The third-order valence-electron chi connectivity index (χ3n) is 4.88. The molecule has 0 radical (unpaired) electrons. The van der Waals surface area contributed by atoms with Crippen LogP contribution in [0.1, 0.15) is 26.2 Å². The summed E-state index contributed by atoms with van der Waals surface area (Å²) in [6.07, 6.45) is 6.02. The van der Waals surface area contributed by atoms with Gasteiger partial charge in [0.2, 0.25) is 0 Å². The fraction of sp³-hybridized carbons (Fsp3) is 0.800. The molecule has 0 bridgehead atoms. The molecule has 1 spiro atoms. The van der Waals surface area contributed by atoms with Crippen LogP contribution in [0.4, 0.5) is 0 Å². The molecule has 8 heteroatoms. The first-order valence-corrected chi connectivity index (χ1v) is 9.62. The quantitative estimate of drug-likeness (QED) is 0.798. The van der Waals surface area contributed by atoms with Gasteiger partial charge in [0, 0.05) is 38.9 Å². The van der Waals surface area contributed by atoms with Gasteiger partial charge in [0.25, 0.3) is 10.0 Å². The first-order valence-electron chi connectivity index (χ1n) is 8.18. The van der Waals surface area contributed by atoms with Crippen LogP contribution in [0, 0.1) is 5.92 Å². The molecule has 130 valence electrons. The second-order valence-electron chi connectivity index (χ2n) is 6.38. The molecular weight excluding hydrogens is 318 g/mol. The van der Waals surface area contributed by atoms with Crippen LogP contribution in [0.25, 0.3) is 0 Å². The summed E-state index contributed by atoms with van der Waals surface area (Å²) in [5, 5.41) is 0.108. The second-order valence-corrected chi connectivity index (χ2v) is 8.26. The third-order valence-corrected chi connectivity index (χ3v) is 6.61. The Balaban J connectivity index is 1.80. The van der Waals surface area contributed by atoms with E-state index in [1.165, 1.54) is 10.6 Å². The van der Waals surface area contributed by atoms with Gasteiger partial charge in [-0.25, -0.2) is 13.4 Å². The van der Waals surface area contributed by atoms with E-state index < -0.39 is 15.6 Å². The molecule has 2 atom stereocenters. The van der Waals surface area contributed by atoms with Crippen molar-refractivity contribution in [1.29, 1.82) is 0 Å². The van der Waals surface area contributed by atoms with Crippen LogP contribution in [0.2, 0.25) is 0 Å². The highest BCUT2D eigenvalue weighted by molar-refractivity contribution is 7.89. The molecule has 1 aliphatic carbocycles. The molecule has 0 aromatic carbocycles. The van der Waals surface area contributed by atoms with Crippen molar-refractivity contribution in [2.45, 2.75) is 36.8 Å². The molecular formula is C15H25N3O4S. The van der Waals surface area contributed by atoms with Crippen molar-refractivity contribution in [3.05, 3.63) is 12.5 Å². The summed E-state index contributed by atoms with van der Waals surface area (Å²) >= 11 is 0. The summed E-state index contributed by atoms with van der Waals surface area (Å²) in [4.78, 5) is 4.01.